The summed E-state index contributed by atoms with van der Waals surface area (Å²) in [4.78, 5) is 0. The molecule has 20 valence electrons. The van der Waals surface area contributed by atoms with Gasteiger partial charge in [-0.15, -0.1) is 0 Å². The van der Waals surface area contributed by atoms with Crippen molar-refractivity contribution in [1.29, 1.82) is 0 Å². The SMILES string of the molecule is [AlH3].[H-].[H-].[Mg+2].[O]=[Sn]. The minimum atomic E-state index is 0. The van der Waals surface area contributed by atoms with E-state index in [1.54, 1.807) is 0 Å². The van der Waals surface area contributed by atoms with Crippen molar-refractivity contribution in [2.45, 2.75) is 0 Å². The Hall–Kier alpha value is 1.90. The van der Waals surface area contributed by atoms with Gasteiger partial charge in [-0.3, -0.25) is 0 Å². The quantitative estimate of drug-likeness (QED) is 0.411. The van der Waals surface area contributed by atoms with E-state index >= 15 is 0 Å². The monoisotopic (exact) mass is 192 g/mol. The van der Waals surface area contributed by atoms with E-state index in [0.717, 1.165) is 0 Å². The number of hydrogen-bond donors (Lipinski definition) is 0. The van der Waals surface area contributed by atoms with Crippen molar-refractivity contribution < 1.29 is 5.93 Å². The van der Waals surface area contributed by atoms with Crippen molar-refractivity contribution in [2.75, 3.05) is 0 Å². The van der Waals surface area contributed by atoms with Crippen LogP contribution in [0.15, 0.2) is 0 Å². The molecule has 2 radical (unpaired) electrons. The van der Waals surface area contributed by atoms with Gasteiger partial charge in [0.25, 0.3) is 0 Å². The van der Waals surface area contributed by atoms with Gasteiger partial charge in [-0.1, -0.05) is 0 Å². The second-order valence-electron chi connectivity index (χ2n) is 0. The second-order valence-corrected chi connectivity index (χ2v) is 0. The van der Waals surface area contributed by atoms with E-state index in [0.29, 0.717) is 22.5 Å². The van der Waals surface area contributed by atoms with E-state index in [4.69, 9.17) is 3.08 Å². The molecule has 0 unspecified atom stereocenters. The van der Waals surface area contributed by atoms with Crippen molar-refractivity contribution in [3.05, 3.63) is 0 Å². The third kappa shape index (κ3) is 9.09. The van der Waals surface area contributed by atoms with Crippen LogP contribution in [0.25, 0.3) is 0 Å². The van der Waals surface area contributed by atoms with Crippen molar-refractivity contribution >= 4 is 62.9 Å². The summed E-state index contributed by atoms with van der Waals surface area (Å²) >= 11 is 0.300. The Morgan fingerprint density at radius 2 is 1.50 bits per heavy atom. The minimum absolute atomic E-state index is 0. The van der Waals surface area contributed by atoms with E-state index in [1.165, 1.54) is 0 Å². The van der Waals surface area contributed by atoms with E-state index in [-0.39, 0.29) is 43.3 Å². The van der Waals surface area contributed by atoms with Crippen LogP contribution >= 0.6 is 0 Å². The van der Waals surface area contributed by atoms with Gasteiger partial charge in [0.1, 0.15) is 0 Å². The summed E-state index contributed by atoms with van der Waals surface area (Å²) in [5.74, 6) is 0. The average molecular weight is 191 g/mol. The first kappa shape index (κ1) is 16.8. The van der Waals surface area contributed by atoms with Crippen LogP contribution in [0.1, 0.15) is 2.85 Å². The van der Waals surface area contributed by atoms with Crippen LogP contribution in [0.4, 0.5) is 0 Å². The molecule has 0 spiro atoms. The average Bonchev–Trinajstić information content (AvgIpc) is 1.00. The molecule has 0 atom stereocenters. The van der Waals surface area contributed by atoms with Crippen LogP contribution in [0.2, 0.25) is 0 Å². The van der Waals surface area contributed by atoms with E-state index in [2.05, 4.69) is 0 Å². The first-order valence-corrected chi connectivity index (χ1v) is 1.37. The fourth-order valence-electron chi connectivity index (χ4n) is 0. The van der Waals surface area contributed by atoms with Crippen LogP contribution in [-0.2, 0) is 3.08 Å². The Morgan fingerprint density at radius 1 is 1.50 bits per heavy atom. The zero-order valence-electron chi connectivity index (χ0n) is 3.62. The Morgan fingerprint density at radius 3 is 1.50 bits per heavy atom. The molecule has 0 saturated carbocycles. The molecule has 0 heterocycles. The Kier molecular flexibility index (Phi) is 87.0. The zero-order valence-corrected chi connectivity index (χ0v) is 5.88. The predicted octanol–water partition coefficient (Wildman–Crippen LogP) is -1.84. The van der Waals surface area contributed by atoms with Crippen LogP contribution in [0.3, 0.4) is 0 Å². The van der Waals surface area contributed by atoms with Crippen molar-refractivity contribution in [3.8, 4) is 0 Å². The normalized spacial score (nSPS) is 1.00. The Balaban J connectivity index is -0.000000000833. The zero-order chi connectivity index (χ0) is 2.00. The molecule has 0 rings (SSSR count). The topological polar surface area (TPSA) is 17.1 Å². The molecule has 0 aliphatic heterocycles. The third-order valence-corrected chi connectivity index (χ3v) is 0. The summed E-state index contributed by atoms with van der Waals surface area (Å²) in [7, 11) is 0. The van der Waals surface area contributed by atoms with Gasteiger partial charge in [-0.2, -0.15) is 0 Å². The van der Waals surface area contributed by atoms with Gasteiger partial charge >= 0.3 is 48.6 Å². The molecular weight excluding hydrogens is 186 g/mol. The van der Waals surface area contributed by atoms with Crippen molar-refractivity contribution in [2.24, 2.45) is 0 Å². The molecule has 1 nitrogen and oxygen atoms in total. The van der Waals surface area contributed by atoms with E-state index in [9.17, 15) is 0 Å². The van der Waals surface area contributed by atoms with Gasteiger partial charge in [-0.25, -0.2) is 0 Å². The van der Waals surface area contributed by atoms with Gasteiger partial charge in [0, 0.05) is 0 Å². The van der Waals surface area contributed by atoms with Crippen LogP contribution in [0.5, 0.6) is 0 Å². The van der Waals surface area contributed by atoms with Gasteiger partial charge in [-0.05, 0) is 0 Å². The van der Waals surface area contributed by atoms with E-state index < -0.39 is 0 Å². The maximum atomic E-state index is 8.34. The fourth-order valence-corrected chi connectivity index (χ4v) is 0. The first-order chi connectivity index (χ1) is 1.00. The summed E-state index contributed by atoms with van der Waals surface area (Å²) < 4.78 is 8.34. The number of hydrogen-bond acceptors (Lipinski definition) is 1. The predicted molar refractivity (Wildman–Crippen MR) is 24.4 cm³/mol. The second kappa shape index (κ2) is 20.7. The molecule has 0 aromatic rings. The molecule has 0 N–H and O–H groups in total. The van der Waals surface area contributed by atoms with Crippen molar-refractivity contribution in [3.63, 3.8) is 0 Å². The molecule has 4 heteroatoms. The summed E-state index contributed by atoms with van der Waals surface area (Å²) in [6.45, 7) is 0. The van der Waals surface area contributed by atoms with Gasteiger partial charge in [0.2, 0.25) is 0 Å². The van der Waals surface area contributed by atoms with Crippen LogP contribution < -0.4 is 0 Å². The molecule has 0 aromatic carbocycles. The van der Waals surface area contributed by atoms with E-state index in [1.807, 2.05) is 0 Å². The summed E-state index contributed by atoms with van der Waals surface area (Å²) in [5, 5.41) is 0. The maximum absolute atomic E-state index is 8.34. The van der Waals surface area contributed by atoms with Crippen LogP contribution in [0, 0.1) is 0 Å². The summed E-state index contributed by atoms with van der Waals surface area (Å²) in [5.41, 5.74) is 0. The molecule has 0 aliphatic rings. The molecule has 0 bridgehead atoms. The Labute approximate surface area is 68.2 Å². The first-order valence-electron chi connectivity index (χ1n) is 0.204. The molecule has 0 fully saturated rings. The van der Waals surface area contributed by atoms with Crippen molar-refractivity contribution in [1.82, 2.24) is 0 Å². The van der Waals surface area contributed by atoms with Gasteiger partial charge in [0.15, 0.2) is 17.4 Å². The molecule has 0 aliphatic carbocycles. The Bertz CT molecular complexity index is 13.5. The van der Waals surface area contributed by atoms with Gasteiger partial charge < -0.3 is 2.85 Å². The summed E-state index contributed by atoms with van der Waals surface area (Å²) in [6, 6.07) is 0. The molecule has 0 amide bonds. The standard InChI is InChI=1S/Al.Mg.O.Sn.5H/q;+2;;;;;;2*-1. The van der Waals surface area contributed by atoms with Gasteiger partial charge in [0.05, 0.1) is 0 Å². The fraction of sp³-hybridized carbons (Fsp3) is 0. The molecule has 0 aromatic heterocycles. The third-order valence-electron chi connectivity index (χ3n) is 0. The summed E-state index contributed by atoms with van der Waals surface area (Å²) in [6.07, 6.45) is 0. The molecule has 4 heavy (non-hydrogen) atoms. The molecule has 0 saturated heterocycles. The molecular formula is H5AlMgOSn. The van der Waals surface area contributed by atoms with Crippen LogP contribution in [-0.4, -0.2) is 62.9 Å². The number of rotatable bonds is 0.